The Morgan fingerprint density at radius 2 is 2.18 bits per heavy atom. The van der Waals surface area contributed by atoms with Crippen molar-refractivity contribution in [2.75, 3.05) is 6.61 Å². The summed E-state index contributed by atoms with van der Waals surface area (Å²) in [5, 5.41) is 0. The summed E-state index contributed by atoms with van der Waals surface area (Å²) in [5.41, 5.74) is 3.78. The van der Waals surface area contributed by atoms with Crippen LogP contribution in [0.4, 0.5) is 0 Å². The molecule has 0 aromatic rings. The van der Waals surface area contributed by atoms with E-state index in [4.69, 9.17) is 4.74 Å². The van der Waals surface area contributed by atoms with Crippen LogP contribution in [0.1, 0.15) is 20.8 Å². The summed E-state index contributed by atoms with van der Waals surface area (Å²) in [6, 6.07) is 0. The molecule has 60 valence electrons. The van der Waals surface area contributed by atoms with Gasteiger partial charge in [-0.25, -0.2) is 0 Å². The molecular formula is C10H14O. The first-order chi connectivity index (χ1) is 5.16. The van der Waals surface area contributed by atoms with Crippen molar-refractivity contribution >= 4 is 0 Å². The minimum absolute atomic E-state index is 0.695. The van der Waals surface area contributed by atoms with Crippen molar-refractivity contribution in [2.45, 2.75) is 20.8 Å². The number of hydrogen-bond acceptors (Lipinski definition) is 1. The summed E-state index contributed by atoms with van der Waals surface area (Å²) in [4.78, 5) is 0. The largest absolute Gasteiger partial charge is 0.489 e. The van der Waals surface area contributed by atoms with Crippen molar-refractivity contribution in [1.29, 1.82) is 0 Å². The highest BCUT2D eigenvalue weighted by Crippen LogP contribution is 2.29. The monoisotopic (exact) mass is 150 g/mol. The van der Waals surface area contributed by atoms with E-state index in [9.17, 15) is 0 Å². The van der Waals surface area contributed by atoms with Crippen molar-refractivity contribution in [2.24, 2.45) is 0 Å². The van der Waals surface area contributed by atoms with Crippen LogP contribution in [0.2, 0.25) is 0 Å². The van der Waals surface area contributed by atoms with E-state index in [2.05, 4.69) is 26.5 Å². The Hall–Kier alpha value is -0.980. The molecule has 1 aliphatic heterocycles. The first kappa shape index (κ1) is 8.12. The zero-order valence-electron chi connectivity index (χ0n) is 7.40. The Balaban J connectivity index is 3.06. The summed E-state index contributed by atoms with van der Waals surface area (Å²) >= 11 is 0. The van der Waals surface area contributed by atoms with Crippen molar-refractivity contribution in [3.05, 3.63) is 35.1 Å². The summed E-state index contributed by atoms with van der Waals surface area (Å²) < 4.78 is 5.31. The molecule has 0 bridgehead atoms. The van der Waals surface area contributed by atoms with E-state index in [0.717, 1.165) is 5.76 Å². The smallest absolute Gasteiger partial charge is 0.119 e. The predicted octanol–water partition coefficient (Wildman–Crippen LogP) is 2.81. The lowest BCUT2D eigenvalue weighted by Crippen LogP contribution is -1.86. The molecule has 1 aliphatic rings. The van der Waals surface area contributed by atoms with E-state index in [0.29, 0.717) is 6.61 Å². The van der Waals surface area contributed by atoms with Gasteiger partial charge in [0.2, 0.25) is 0 Å². The van der Waals surface area contributed by atoms with Gasteiger partial charge in [0, 0.05) is 5.57 Å². The molecule has 0 aliphatic carbocycles. The SMILES string of the molecule is C=C1OCC(=C(C)C)/C1=C\C. The quantitative estimate of drug-likeness (QED) is 0.516. The molecule has 0 saturated carbocycles. The van der Waals surface area contributed by atoms with Gasteiger partial charge in [-0.1, -0.05) is 18.2 Å². The second kappa shape index (κ2) is 2.95. The van der Waals surface area contributed by atoms with Crippen LogP contribution in [-0.4, -0.2) is 6.61 Å². The second-order valence-electron chi connectivity index (χ2n) is 2.89. The van der Waals surface area contributed by atoms with E-state index in [1.807, 2.05) is 6.92 Å². The Morgan fingerprint density at radius 1 is 1.55 bits per heavy atom. The fourth-order valence-corrected chi connectivity index (χ4v) is 1.23. The lowest BCUT2D eigenvalue weighted by molar-refractivity contribution is 0.281. The summed E-state index contributed by atoms with van der Waals surface area (Å²) in [6.45, 7) is 10.7. The molecule has 0 atom stereocenters. The van der Waals surface area contributed by atoms with Crippen LogP contribution in [0.5, 0.6) is 0 Å². The molecule has 1 fully saturated rings. The van der Waals surface area contributed by atoms with E-state index in [1.165, 1.54) is 16.7 Å². The lowest BCUT2D eigenvalue weighted by atomic mass is 10.0. The maximum Gasteiger partial charge on any atom is 0.119 e. The number of rotatable bonds is 0. The van der Waals surface area contributed by atoms with Gasteiger partial charge in [0.05, 0.1) is 0 Å². The standard InChI is InChI=1S/C10H14O/c1-5-9-8(4)11-6-10(9)7(2)3/h5H,4,6H2,1-3H3/b9-5-. The second-order valence-corrected chi connectivity index (χ2v) is 2.89. The van der Waals surface area contributed by atoms with Gasteiger partial charge < -0.3 is 4.74 Å². The van der Waals surface area contributed by atoms with E-state index in [1.54, 1.807) is 0 Å². The molecule has 11 heavy (non-hydrogen) atoms. The highest BCUT2D eigenvalue weighted by molar-refractivity contribution is 5.48. The Bertz CT molecular complexity index is 240. The molecule has 1 rings (SSSR count). The topological polar surface area (TPSA) is 9.23 Å². The Morgan fingerprint density at radius 3 is 2.55 bits per heavy atom. The van der Waals surface area contributed by atoms with Crippen molar-refractivity contribution < 1.29 is 4.74 Å². The molecule has 1 nitrogen and oxygen atoms in total. The fraction of sp³-hybridized carbons (Fsp3) is 0.400. The van der Waals surface area contributed by atoms with Gasteiger partial charge >= 0.3 is 0 Å². The third-order valence-corrected chi connectivity index (χ3v) is 1.91. The summed E-state index contributed by atoms with van der Waals surface area (Å²) in [5.74, 6) is 0.809. The van der Waals surface area contributed by atoms with Crippen LogP contribution < -0.4 is 0 Å². The Kier molecular flexibility index (Phi) is 2.18. The van der Waals surface area contributed by atoms with Crippen molar-refractivity contribution in [3.8, 4) is 0 Å². The van der Waals surface area contributed by atoms with Crippen LogP contribution in [0, 0.1) is 0 Å². The number of ether oxygens (including phenoxy) is 1. The molecule has 1 heteroatoms. The Labute approximate surface area is 68.1 Å². The van der Waals surface area contributed by atoms with Gasteiger partial charge in [-0.2, -0.15) is 0 Å². The first-order valence-corrected chi connectivity index (χ1v) is 3.82. The number of allylic oxidation sites excluding steroid dienone is 3. The summed E-state index contributed by atoms with van der Waals surface area (Å²) in [7, 11) is 0. The molecule has 0 aromatic heterocycles. The maximum atomic E-state index is 5.31. The predicted molar refractivity (Wildman–Crippen MR) is 47.2 cm³/mol. The van der Waals surface area contributed by atoms with Crippen LogP contribution in [-0.2, 0) is 4.74 Å². The van der Waals surface area contributed by atoms with Crippen molar-refractivity contribution in [1.82, 2.24) is 0 Å². The molecule has 1 saturated heterocycles. The minimum Gasteiger partial charge on any atom is -0.489 e. The van der Waals surface area contributed by atoms with Crippen LogP contribution in [0.15, 0.2) is 35.1 Å². The van der Waals surface area contributed by atoms with Crippen molar-refractivity contribution in [3.63, 3.8) is 0 Å². The average molecular weight is 150 g/mol. The fourth-order valence-electron chi connectivity index (χ4n) is 1.23. The normalized spacial score (nSPS) is 20.8. The zero-order valence-corrected chi connectivity index (χ0v) is 7.40. The van der Waals surface area contributed by atoms with Crippen LogP contribution in [0.3, 0.4) is 0 Å². The number of hydrogen-bond donors (Lipinski definition) is 0. The van der Waals surface area contributed by atoms with Crippen LogP contribution in [0.25, 0.3) is 0 Å². The molecular weight excluding hydrogens is 136 g/mol. The summed E-state index contributed by atoms with van der Waals surface area (Å²) in [6.07, 6.45) is 2.05. The third kappa shape index (κ3) is 1.37. The van der Waals surface area contributed by atoms with E-state index in [-0.39, 0.29) is 0 Å². The molecule has 0 spiro atoms. The molecule has 0 aromatic carbocycles. The first-order valence-electron chi connectivity index (χ1n) is 3.82. The molecule has 1 heterocycles. The maximum absolute atomic E-state index is 5.31. The molecule has 0 amide bonds. The van der Waals surface area contributed by atoms with E-state index >= 15 is 0 Å². The highest BCUT2D eigenvalue weighted by atomic mass is 16.5. The highest BCUT2D eigenvalue weighted by Gasteiger charge is 2.18. The molecule has 0 N–H and O–H groups in total. The minimum atomic E-state index is 0.695. The van der Waals surface area contributed by atoms with Gasteiger partial charge in [0.1, 0.15) is 12.4 Å². The third-order valence-electron chi connectivity index (χ3n) is 1.91. The molecule has 0 unspecified atom stereocenters. The molecule has 0 radical (unpaired) electrons. The van der Waals surface area contributed by atoms with Gasteiger partial charge in [-0.3, -0.25) is 0 Å². The van der Waals surface area contributed by atoms with Gasteiger partial charge in [-0.05, 0) is 26.3 Å². The van der Waals surface area contributed by atoms with Crippen LogP contribution >= 0.6 is 0 Å². The van der Waals surface area contributed by atoms with Gasteiger partial charge in [0.15, 0.2) is 0 Å². The zero-order chi connectivity index (χ0) is 8.43. The average Bonchev–Trinajstić information content (AvgIpc) is 2.30. The van der Waals surface area contributed by atoms with Gasteiger partial charge in [0.25, 0.3) is 0 Å². The lowest BCUT2D eigenvalue weighted by Gasteiger charge is -1.97. The van der Waals surface area contributed by atoms with E-state index < -0.39 is 0 Å². The van der Waals surface area contributed by atoms with Gasteiger partial charge in [-0.15, -0.1) is 0 Å².